The van der Waals surface area contributed by atoms with Gasteiger partial charge in [-0.1, -0.05) is 13.8 Å². The van der Waals surface area contributed by atoms with Crippen molar-refractivity contribution in [3.05, 3.63) is 0 Å². The van der Waals surface area contributed by atoms with Gasteiger partial charge < -0.3 is 5.32 Å². The first-order valence-electron chi connectivity index (χ1n) is 4.77. The second-order valence-electron chi connectivity index (χ2n) is 4.74. The van der Waals surface area contributed by atoms with Gasteiger partial charge in [0.25, 0.3) is 0 Å². The van der Waals surface area contributed by atoms with Gasteiger partial charge in [0.1, 0.15) is 0 Å². The Morgan fingerprint density at radius 1 is 1.50 bits per heavy atom. The Morgan fingerprint density at radius 3 is 2.42 bits per heavy atom. The second kappa shape index (κ2) is 2.11. The quantitative estimate of drug-likeness (QED) is 0.638. The zero-order chi connectivity index (χ0) is 8.98. The highest BCUT2D eigenvalue weighted by atomic mass is 16.1. The fourth-order valence-corrected chi connectivity index (χ4v) is 3.26. The SMILES string of the molecule is CNC12CCC(CC1=O)C2(C)C. The van der Waals surface area contributed by atoms with E-state index in [-0.39, 0.29) is 11.0 Å². The molecule has 2 unspecified atom stereocenters. The Hall–Kier alpha value is -0.370. The number of rotatable bonds is 1. The first-order chi connectivity index (χ1) is 5.54. The van der Waals surface area contributed by atoms with Gasteiger partial charge in [0, 0.05) is 6.42 Å². The predicted molar refractivity (Wildman–Crippen MR) is 47.9 cm³/mol. The van der Waals surface area contributed by atoms with Crippen LogP contribution in [-0.4, -0.2) is 18.4 Å². The molecule has 0 radical (unpaired) electrons. The minimum atomic E-state index is -0.183. The molecule has 2 rings (SSSR count). The molecular weight excluding hydrogens is 150 g/mol. The smallest absolute Gasteiger partial charge is 0.153 e. The summed E-state index contributed by atoms with van der Waals surface area (Å²) in [6.45, 7) is 4.46. The fraction of sp³-hybridized carbons (Fsp3) is 0.900. The highest BCUT2D eigenvalue weighted by Gasteiger charge is 2.63. The summed E-state index contributed by atoms with van der Waals surface area (Å²) in [6, 6.07) is 0. The highest BCUT2D eigenvalue weighted by Crippen LogP contribution is 2.57. The molecule has 2 bridgehead atoms. The van der Waals surface area contributed by atoms with Gasteiger partial charge in [-0.3, -0.25) is 4.79 Å². The first kappa shape index (κ1) is 8.24. The third-order valence-electron chi connectivity index (χ3n) is 4.32. The molecule has 0 amide bonds. The minimum absolute atomic E-state index is 0.179. The molecule has 68 valence electrons. The summed E-state index contributed by atoms with van der Waals surface area (Å²) in [6.07, 6.45) is 3.06. The van der Waals surface area contributed by atoms with Crippen molar-refractivity contribution in [3.8, 4) is 0 Å². The van der Waals surface area contributed by atoms with Gasteiger partial charge in [-0.2, -0.15) is 0 Å². The van der Waals surface area contributed by atoms with Crippen LogP contribution in [0.2, 0.25) is 0 Å². The molecule has 2 atom stereocenters. The van der Waals surface area contributed by atoms with E-state index in [2.05, 4.69) is 19.2 Å². The van der Waals surface area contributed by atoms with Gasteiger partial charge in [-0.15, -0.1) is 0 Å². The fourth-order valence-electron chi connectivity index (χ4n) is 3.26. The number of nitrogens with one attached hydrogen (secondary N) is 1. The maximum absolute atomic E-state index is 11.7. The summed E-state index contributed by atoms with van der Waals surface area (Å²) < 4.78 is 0. The lowest BCUT2D eigenvalue weighted by molar-refractivity contribution is -0.125. The van der Waals surface area contributed by atoms with Gasteiger partial charge in [-0.25, -0.2) is 0 Å². The number of ketones is 1. The van der Waals surface area contributed by atoms with E-state index >= 15 is 0 Å². The molecule has 0 aromatic heterocycles. The molecule has 0 spiro atoms. The zero-order valence-corrected chi connectivity index (χ0v) is 8.11. The Balaban J connectivity index is 2.46. The van der Waals surface area contributed by atoms with Crippen LogP contribution in [-0.2, 0) is 4.79 Å². The van der Waals surface area contributed by atoms with Gasteiger partial charge in [-0.05, 0) is 31.2 Å². The third kappa shape index (κ3) is 0.634. The lowest BCUT2D eigenvalue weighted by Crippen LogP contribution is -2.54. The van der Waals surface area contributed by atoms with E-state index in [4.69, 9.17) is 0 Å². The van der Waals surface area contributed by atoms with Crippen molar-refractivity contribution < 1.29 is 4.79 Å². The van der Waals surface area contributed by atoms with Crippen molar-refractivity contribution in [2.24, 2.45) is 11.3 Å². The molecule has 0 aromatic carbocycles. The molecule has 2 nitrogen and oxygen atoms in total. The average Bonchev–Trinajstić information content (AvgIpc) is 2.36. The van der Waals surface area contributed by atoms with Crippen LogP contribution >= 0.6 is 0 Å². The molecule has 0 saturated heterocycles. The van der Waals surface area contributed by atoms with Gasteiger partial charge in [0.15, 0.2) is 5.78 Å². The number of carbonyl (C=O) groups excluding carboxylic acids is 1. The summed E-state index contributed by atoms with van der Waals surface area (Å²) >= 11 is 0. The monoisotopic (exact) mass is 167 g/mol. The van der Waals surface area contributed by atoms with E-state index in [1.807, 2.05) is 7.05 Å². The van der Waals surface area contributed by atoms with Crippen LogP contribution < -0.4 is 5.32 Å². The minimum Gasteiger partial charge on any atom is -0.308 e. The van der Waals surface area contributed by atoms with Crippen LogP contribution in [0.15, 0.2) is 0 Å². The number of carbonyl (C=O) groups is 1. The van der Waals surface area contributed by atoms with Crippen LogP contribution in [0.1, 0.15) is 33.1 Å². The maximum atomic E-state index is 11.7. The van der Waals surface area contributed by atoms with E-state index in [1.54, 1.807) is 0 Å². The number of hydrogen-bond donors (Lipinski definition) is 1. The van der Waals surface area contributed by atoms with E-state index in [1.165, 1.54) is 6.42 Å². The molecule has 0 heterocycles. The molecule has 12 heavy (non-hydrogen) atoms. The van der Waals surface area contributed by atoms with Crippen molar-refractivity contribution in [1.29, 1.82) is 0 Å². The van der Waals surface area contributed by atoms with Gasteiger partial charge in [0.2, 0.25) is 0 Å². The Bertz CT molecular complexity index is 234. The van der Waals surface area contributed by atoms with Crippen molar-refractivity contribution >= 4 is 5.78 Å². The van der Waals surface area contributed by atoms with Crippen molar-refractivity contribution in [1.82, 2.24) is 5.32 Å². The number of Topliss-reactive ketones (excluding diaryl/α,β-unsaturated/α-hetero) is 1. The number of likely N-dealkylation sites (N-methyl/N-ethyl adjacent to an activating group) is 1. The van der Waals surface area contributed by atoms with Crippen molar-refractivity contribution in [3.63, 3.8) is 0 Å². The highest BCUT2D eigenvalue weighted by molar-refractivity contribution is 5.93. The molecule has 1 N–H and O–H groups in total. The Morgan fingerprint density at radius 2 is 2.17 bits per heavy atom. The second-order valence-corrected chi connectivity index (χ2v) is 4.74. The summed E-state index contributed by atoms with van der Waals surface area (Å²) in [7, 11) is 1.92. The maximum Gasteiger partial charge on any atom is 0.153 e. The molecular formula is C10H17NO. The summed E-state index contributed by atoms with van der Waals surface area (Å²) in [5.74, 6) is 1.06. The summed E-state index contributed by atoms with van der Waals surface area (Å²) in [5, 5.41) is 3.26. The Kier molecular flexibility index (Phi) is 1.45. The summed E-state index contributed by atoms with van der Waals surface area (Å²) in [4.78, 5) is 11.7. The molecule has 0 aromatic rings. The average molecular weight is 167 g/mol. The normalized spacial score (nSPS) is 43.9. The zero-order valence-electron chi connectivity index (χ0n) is 8.11. The number of hydrogen-bond acceptors (Lipinski definition) is 2. The number of fused-ring (bicyclic) bond motifs is 2. The lowest BCUT2D eigenvalue weighted by atomic mass is 9.76. The lowest BCUT2D eigenvalue weighted by Gasteiger charge is -2.36. The van der Waals surface area contributed by atoms with E-state index in [0.29, 0.717) is 11.7 Å². The van der Waals surface area contributed by atoms with Crippen molar-refractivity contribution in [2.75, 3.05) is 7.05 Å². The van der Waals surface area contributed by atoms with Gasteiger partial charge >= 0.3 is 0 Å². The molecule has 2 aliphatic rings. The van der Waals surface area contributed by atoms with Crippen LogP contribution in [0.5, 0.6) is 0 Å². The molecule has 0 aliphatic heterocycles. The first-order valence-corrected chi connectivity index (χ1v) is 4.77. The van der Waals surface area contributed by atoms with E-state index in [9.17, 15) is 4.79 Å². The molecule has 2 heteroatoms. The van der Waals surface area contributed by atoms with E-state index < -0.39 is 0 Å². The van der Waals surface area contributed by atoms with Crippen LogP contribution in [0.3, 0.4) is 0 Å². The molecule has 2 saturated carbocycles. The third-order valence-corrected chi connectivity index (χ3v) is 4.32. The van der Waals surface area contributed by atoms with Crippen LogP contribution in [0, 0.1) is 11.3 Å². The van der Waals surface area contributed by atoms with Gasteiger partial charge in [0.05, 0.1) is 5.54 Å². The molecule has 2 aliphatic carbocycles. The van der Waals surface area contributed by atoms with Crippen molar-refractivity contribution in [2.45, 2.75) is 38.6 Å². The topological polar surface area (TPSA) is 29.1 Å². The van der Waals surface area contributed by atoms with Crippen LogP contribution in [0.25, 0.3) is 0 Å². The summed E-state index contributed by atoms with van der Waals surface area (Å²) in [5.41, 5.74) is -0.00347. The standard InChI is InChI=1S/C10H17NO/c1-9(2)7-4-5-10(9,11-3)8(12)6-7/h7,11H,4-6H2,1-3H3. The predicted octanol–water partition coefficient (Wildman–Crippen LogP) is 1.35. The Labute approximate surface area is 73.7 Å². The largest absolute Gasteiger partial charge is 0.308 e. The van der Waals surface area contributed by atoms with E-state index in [0.717, 1.165) is 12.8 Å². The van der Waals surface area contributed by atoms with Crippen LogP contribution in [0.4, 0.5) is 0 Å². The molecule has 2 fully saturated rings.